The molecule has 1 aliphatic rings. The number of alkyl halides is 4. The van der Waals surface area contributed by atoms with Gasteiger partial charge in [-0.05, 0) is 49.9 Å². The predicted octanol–water partition coefficient (Wildman–Crippen LogP) is 5.60. The summed E-state index contributed by atoms with van der Waals surface area (Å²) < 4.78 is 63.1. The maximum Gasteiger partial charge on any atom is 0.447 e. The van der Waals surface area contributed by atoms with E-state index in [1.54, 1.807) is 35.8 Å². The third-order valence-electron chi connectivity index (χ3n) is 6.76. The number of nitrogens with one attached hydrogen (secondary N) is 2. The van der Waals surface area contributed by atoms with E-state index in [1.807, 2.05) is 11.9 Å². The van der Waals surface area contributed by atoms with Gasteiger partial charge in [0.1, 0.15) is 6.17 Å². The summed E-state index contributed by atoms with van der Waals surface area (Å²) in [5.41, 5.74) is -0.691. The van der Waals surface area contributed by atoms with Crippen LogP contribution in [0.1, 0.15) is 22.7 Å². The first kappa shape index (κ1) is 27.5. The Morgan fingerprint density at radius 1 is 1.27 bits per heavy atom. The summed E-state index contributed by atoms with van der Waals surface area (Å²) >= 11 is 1.11. The third-order valence-corrected chi connectivity index (χ3v) is 8.40. The van der Waals surface area contributed by atoms with Gasteiger partial charge in [-0.1, -0.05) is 5.16 Å². The van der Waals surface area contributed by atoms with Gasteiger partial charge >= 0.3 is 5.51 Å². The maximum atomic E-state index is 14.7. The predicted molar refractivity (Wildman–Crippen MR) is 148 cm³/mol. The van der Waals surface area contributed by atoms with E-state index >= 15 is 0 Å². The molecule has 1 saturated heterocycles. The molecule has 0 radical (unpaired) electrons. The number of hydrogen-bond acceptors (Lipinski definition) is 9. The number of amides is 1. The molecule has 1 aromatic carbocycles. The number of pyridine rings is 1. The van der Waals surface area contributed by atoms with Gasteiger partial charge in [-0.2, -0.15) is 18.2 Å². The maximum absolute atomic E-state index is 14.7. The van der Waals surface area contributed by atoms with E-state index < -0.39 is 17.7 Å². The van der Waals surface area contributed by atoms with Crippen LogP contribution in [0.15, 0.2) is 57.7 Å². The van der Waals surface area contributed by atoms with Gasteiger partial charge in [-0.25, -0.2) is 9.37 Å². The molecular formula is C26H23F4N7O2S2. The molecule has 214 valence electrons. The number of piperidine rings is 1. The number of carbonyl (C=O) groups excluding carboxylic acids is 1. The molecule has 6 rings (SSSR count). The minimum atomic E-state index is -4.59. The fraction of sp³-hybridized carbons (Fsp3) is 0.308. The van der Waals surface area contributed by atoms with E-state index in [4.69, 9.17) is 4.52 Å². The van der Waals surface area contributed by atoms with Crippen molar-refractivity contribution in [3.63, 3.8) is 0 Å². The standard InChI is InChI=1S/C26H23F4N7O2S2/c1-36-8-6-17(16(27)12-36)33-18-3-2-7-37-20(18)10-15(25(37)41-26(28,29)30)23-34-22(39-35-23)11-31-24(38)14-4-5-19-21(9-14)40-13-32-19/h2-5,7,9-10,13,16-17,33H,6,8,11-12H2,1H3,(H,31,38)/t16-,17+/m0/s1. The molecule has 2 N–H and O–H groups in total. The molecule has 9 nitrogen and oxygen atoms in total. The highest BCUT2D eigenvalue weighted by molar-refractivity contribution is 8.00. The van der Waals surface area contributed by atoms with E-state index in [9.17, 15) is 22.4 Å². The van der Waals surface area contributed by atoms with Gasteiger partial charge in [-0.3, -0.25) is 4.79 Å². The number of fused-ring (bicyclic) bond motifs is 2. The zero-order valence-electron chi connectivity index (χ0n) is 21.5. The zero-order valence-corrected chi connectivity index (χ0v) is 23.1. The smallest absolute Gasteiger partial charge is 0.378 e. The number of aromatic nitrogens is 4. The van der Waals surface area contributed by atoms with Crippen LogP contribution >= 0.6 is 23.1 Å². The number of halogens is 4. The molecule has 5 aromatic rings. The van der Waals surface area contributed by atoms with Crippen molar-refractivity contribution in [2.24, 2.45) is 0 Å². The molecule has 1 aliphatic heterocycles. The SMILES string of the molecule is CN1CC[C@@H](Nc2cccn3c(SC(F)(F)F)c(-c4noc(CNC(=O)c5ccc6ncsc6c5)n4)cc23)[C@@H](F)C1. The number of anilines is 1. The van der Waals surface area contributed by atoms with Gasteiger partial charge in [0.2, 0.25) is 11.7 Å². The number of thioether (sulfide) groups is 1. The second-order valence-corrected chi connectivity index (χ2v) is 11.6. The Balaban J connectivity index is 1.26. The second-order valence-electron chi connectivity index (χ2n) is 9.64. The Bertz CT molecular complexity index is 1720. The lowest BCUT2D eigenvalue weighted by Crippen LogP contribution is -2.46. The molecule has 0 unspecified atom stereocenters. The average molecular weight is 606 g/mol. The van der Waals surface area contributed by atoms with Crippen molar-refractivity contribution in [3.8, 4) is 11.4 Å². The van der Waals surface area contributed by atoms with Crippen LogP contribution in [0.2, 0.25) is 0 Å². The molecule has 0 spiro atoms. The molecule has 5 heterocycles. The van der Waals surface area contributed by atoms with Gasteiger partial charge in [0, 0.05) is 36.6 Å². The van der Waals surface area contributed by atoms with Crippen LogP contribution in [-0.4, -0.2) is 68.2 Å². The third kappa shape index (κ3) is 5.87. The van der Waals surface area contributed by atoms with Crippen LogP contribution in [0.5, 0.6) is 0 Å². The van der Waals surface area contributed by atoms with E-state index in [0.29, 0.717) is 29.7 Å². The number of carbonyl (C=O) groups is 1. The van der Waals surface area contributed by atoms with E-state index in [1.165, 1.54) is 28.0 Å². The summed E-state index contributed by atoms with van der Waals surface area (Å²) in [4.78, 5) is 23.0. The summed E-state index contributed by atoms with van der Waals surface area (Å²) in [5, 5.41) is 9.61. The number of thiazole rings is 1. The fourth-order valence-corrected chi connectivity index (χ4v) is 6.23. The first-order valence-corrected chi connectivity index (χ1v) is 14.3. The highest BCUT2D eigenvalue weighted by Gasteiger charge is 2.34. The Kier molecular flexibility index (Phi) is 7.34. The van der Waals surface area contributed by atoms with Crippen molar-refractivity contribution < 1.29 is 26.9 Å². The number of benzene rings is 1. The van der Waals surface area contributed by atoms with Crippen LogP contribution in [0.25, 0.3) is 27.1 Å². The minimum Gasteiger partial charge on any atom is -0.378 e. The average Bonchev–Trinajstić information content (AvgIpc) is 3.67. The van der Waals surface area contributed by atoms with Crippen LogP contribution in [0.3, 0.4) is 0 Å². The summed E-state index contributed by atoms with van der Waals surface area (Å²) in [6, 6.07) is 9.45. The number of hydrogen-bond donors (Lipinski definition) is 2. The highest BCUT2D eigenvalue weighted by atomic mass is 32.2. The van der Waals surface area contributed by atoms with Gasteiger partial charge in [0.15, 0.2) is 0 Å². The molecular weight excluding hydrogens is 582 g/mol. The number of likely N-dealkylation sites (tertiary alicyclic amines) is 1. The van der Waals surface area contributed by atoms with Gasteiger partial charge in [0.25, 0.3) is 5.91 Å². The Morgan fingerprint density at radius 2 is 2.12 bits per heavy atom. The monoisotopic (exact) mass is 605 g/mol. The van der Waals surface area contributed by atoms with E-state index in [2.05, 4.69) is 25.8 Å². The van der Waals surface area contributed by atoms with Crippen molar-refractivity contribution in [1.82, 2.24) is 29.7 Å². The van der Waals surface area contributed by atoms with Gasteiger partial charge in [0.05, 0.1) is 50.1 Å². The van der Waals surface area contributed by atoms with Crippen LogP contribution in [0, 0.1) is 0 Å². The Morgan fingerprint density at radius 3 is 2.93 bits per heavy atom. The quantitative estimate of drug-likeness (QED) is 0.183. The minimum absolute atomic E-state index is 0.0235. The Labute approximate surface area is 238 Å². The molecule has 0 saturated carbocycles. The van der Waals surface area contributed by atoms with Crippen molar-refractivity contribution >= 4 is 50.4 Å². The molecule has 0 aliphatic carbocycles. The lowest BCUT2D eigenvalue weighted by molar-refractivity contribution is -0.0329. The molecule has 4 aromatic heterocycles. The van der Waals surface area contributed by atoms with Crippen molar-refractivity contribution in [2.45, 2.75) is 35.7 Å². The van der Waals surface area contributed by atoms with E-state index in [-0.39, 0.29) is 53.1 Å². The van der Waals surface area contributed by atoms with Crippen LogP contribution in [0.4, 0.5) is 23.2 Å². The molecule has 1 amide bonds. The topological polar surface area (TPSA) is 101 Å². The fourth-order valence-electron chi connectivity index (χ4n) is 4.78. The zero-order chi connectivity index (χ0) is 28.7. The first-order chi connectivity index (χ1) is 19.6. The van der Waals surface area contributed by atoms with Crippen molar-refractivity contribution in [1.29, 1.82) is 0 Å². The lowest BCUT2D eigenvalue weighted by atomic mass is 10.0. The van der Waals surface area contributed by atoms with Gasteiger partial charge < -0.3 is 24.5 Å². The van der Waals surface area contributed by atoms with E-state index in [0.717, 1.165) is 10.2 Å². The van der Waals surface area contributed by atoms with Crippen LogP contribution in [-0.2, 0) is 6.54 Å². The van der Waals surface area contributed by atoms with Gasteiger partial charge in [-0.15, -0.1) is 11.3 Å². The van der Waals surface area contributed by atoms with Crippen molar-refractivity contribution in [3.05, 3.63) is 59.6 Å². The molecule has 2 atom stereocenters. The second kappa shape index (κ2) is 10.9. The summed E-state index contributed by atoms with van der Waals surface area (Å²) in [6.07, 6.45) is 0.918. The highest BCUT2D eigenvalue weighted by Crippen LogP contribution is 2.44. The first-order valence-electron chi connectivity index (χ1n) is 12.6. The Hall–Kier alpha value is -3.69. The molecule has 41 heavy (non-hydrogen) atoms. The van der Waals surface area contributed by atoms with Crippen LogP contribution < -0.4 is 10.6 Å². The number of nitrogens with zero attached hydrogens (tertiary/aromatic N) is 5. The number of rotatable bonds is 7. The summed E-state index contributed by atoms with van der Waals surface area (Å²) in [5.74, 6) is -0.418. The lowest BCUT2D eigenvalue weighted by Gasteiger charge is -2.33. The molecule has 1 fully saturated rings. The normalized spacial score (nSPS) is 18.3. The summed E-state index contributed by atoms with van der Waals surface area (Å²) in [6.45, 7) is 0.845. The van der Waals surface area contributed by atoms with Crippen molar-refractivity contribution in [2.75, 3.05) is 25.5 Å². The summed E-state index contributed by atoms with van der Waals surface area (Å²) in [7, 11) is 1.84. The molecule has 0 bridgehead atoms. The largest absolute Gasteiger partial charge is 0.447 e. The molecule has 15 heteroatoms.